The summed E-state index contributed by atoms with van der Waals surface area (Å²) in [5, 5.41) is 0. The fourth-order valence-electron chi connectivity index (χ4n) is 2.78. The van der Waals surface area contributed by atoms with Gasteiger partial charge in [0.1, 0.15) is 5.82 Å². The lowest BCUT2D eigenvalue weighted by molar-refractivity contribution is 0.627. The normalized spacial score (nSPS) is 11.1. The minimum absolute atomic E-state index is 0.201. The minimum Gasteiger partial charge on any atom is -0.338 e. The van der Waals surface area contributed by atoms with E-state index in [2.05, 4.69) is 36.1 Å². The SMILES string of the molecule is CCCCCCC/C=C/CN(c1ccccc1)c1cccc(F)c1. The van der Waals surface area contributed by atoms with Crippen LogP contribution in [0.4, 0.5) is 15.8 Å². The molecule has 0 aliphatic carbocycles. The molecule has 0 fully saturated rings. The molecule has 0 amide bonds. The van der Waals surface area contributed by atoms with Gasteiger partial charge in [0.25, 0.3) is 0 Å². The van der Waals surface area contributed by atoms with Crippen molar-refractivity contribution in [1.29, 1.82) is 0 Å². The van der Waals surface area contributed by atoms with E-state index in [4.69, 9.17) is 0 Å². The molecule has 2 rings (SSSR count). The molecule has 0 heterocycles. The summed E-state index contributed by atoms with van der Waals surface area (Å²) in [6.45, 7) is 2.99. The second kappa shape index (κ2) is 10.6. The Morgan fingerprint density at radius 1 is 0.833 bits per heavy atom. The van der Waals surface area contributed by atoms with Crippen LogP contribution in [0.3, 0.4) is 0 Å². The van der Waals surface area contributed by atoms with Crippen LogP contribution in [0.2, 0.25) is 0 Å². The Labute approximate surface area is 145 Å². The van der Waals surface area contributed by atoms with Gasteiger partial charge in [-0.1, -0.05) is 69.0 Å². The fraction of sp³-hybridized carbons (Fsp3) is 0.364. The lowest BCUT2D eigenvalue weighted by atomic mass is 10.1. The zero-order chi connectivity index (χ0) is 17.0. The molecular formula is C22H28FN. The van der Waals surface area contributed by atoms with Gasteiger partial charge in [-0.3, -0.25) is 0 Å². The highest BCUT2D eigenvalue weighted by Crippen LogP contribution is 2.25. The number of hydrogen-bond donors (Lipinski definition) is 0. The number of allylic oxidation sites excluding steroid dienone is 1. The largest absolute Gasteiger partial charge is 0.338 e. The van der Waals surface area contributed by atoms with Gasteiger partial charge in [0.2, 0.25) is 0 Å². The van der Waals surface area contributed by atoms with Crippen LogP contribution < -0.4 is 4.90 Å². The van der Waals surface area contributed by atoms with Crippen LogP contribution in [-0.2, 0) is 0 Å². The second-order valence-electron chi connectivity index (χ2n) is 6.10. The Bertz CT molecular complexity index is 606. The minimum atomic E-state index is -0.201. The zero-order valence-electron chi connectivity index (χ0n) is 14.6. The highest BCUT2D eigenvalue weighted by molar-refractivity contribution is 5.63. The lowest BCUT2D eigenvalue weighted by Crippen LogP contribution is -2.16. The molecule has 2 heteroatoms. The molecule has 0 saturated carbocycles. The van der Waals surface area contributed by atoms with E-state index < -0.39 is 0 Å². The third-order valence-corrected chi connectivity index (χ3v) is 4.12. The van der Waals surface area contributed by atoms with Crippen LogP contribution >= 0.6 is 0 Å². The Balaban J connectivity index is 1.95. The van der Waals surface area contributed by atoms with E-state index in [1.54, 1.807) is 12.1 Å². The Morgan fingerprint density at radius 3 is 2.33 bits per heavy atom. The standard InChI is InChI=1S/C22H28FN/c1-2-3-4-5-6-7-8-12-18-24(21-15-10-9-11-16-21)22-17-13-14-20(23)19-22/h8-17,19H,2-7,18H2,1H3/b12-8+. The van der Waals surface area contributed by atoms with Crippen LogP contribution in [0.25, 0.3) is 0 Å². The van der Waals surface area contributed by atoms with Gasteiger partial charge in [-0.05, 0) is 43.2 Å². The molecule has 1 nitrogen and oxygen atoms in total. The van der Waals surface area contributed by atoms with Crippen LogP contribution in [0.5, 0.6) is 0 Å². The predicted octanol–water partition coefficient (Wildman–Crippen LogP) is 6.88. The monoisotopic (exact) mass is 325 g/mol. The van der Waals surface area contributed by atoms with Crippen molar-refractivity contribution in [3.63, 3.8) is 0 Å². The van der Waals surface area contributed by atoms with Gasteiger partial charge in [0, 0.05) is 17.9 Å². The first-order valence-electron chi connectivity index (χ1n) is 9.04. The molecule has 0 aliphatic heterocycles. The van der Waals surface area contributed by atoms with Crippen LogP contribution in [0.1, 0.15) is 45.4 Å². The maximum atomic E-state index is 13.6. The van der Waals surface area contributed by atoms with Crippen molar-refractivity contribution in [2.24, 2.45) is 0 Å². The number of para-hydroxylation sites is 1. The first kappa shape index (κ1) is 18.3. The average molecular weight is 325 g/mol. The summed E-state index contributed by atoms with van der Waals surface area (Å²) < 4.78 is 13.6. The smallest absolute Gasteiger partial charge is 0.125 e. The average Bonchev–Trinajstić information content (AvgIpc) is 2.61. The van der Waals surface area contributed by atoms with E-state index >= 15 is 0 Å². The highest BCUT2D eigenvalue weighted by Gasteiger charge is 2.07. The maximum Gasteiger partial charge on any atom is 0.125 e. The third kappa shape index (κ3) is 6.19. The molecule has 0 aliphatic rings. The van der Waals surface area contributed by atoms with Gasteiger partial charge in [-0.15, -0.1) is 0 Å². The van der Waals surface area contributed by atoms with Crippen molar-refractivity contribution in [3.8, 4) is 0 Å². The van der Waals surface area contributed by atoms with E-state index in [0.29, 0.717) is 0 Å². The van der Waals surface area contributed by atoms with Crippen molar-refractivity contribution in [2.45, 2.75) is 45.4 Å². The van der Waals surface area contributed by atoms with Crippen LogP contribution in [-0.4, -0.2) is 6.54 Å². The quantitative estimate of drug-likeness (QED) is 0.340. The van der Waals surface area contributed by atoms with Gasteiger partial charge in [0.15, 0.2) is 0 Å². The van der Waals surface area contributed by atoms with Crippen molar-refractivity contribution in [3.05, 3.63) is 72.6 Å². The predicted molar refractivity (Wildman–Crippen MR) is 102 cm³/mol. The topological polar surface area (TPSA) is 3.24 Å². The summed E-state index contributed by atoms with van der Waals surface area (Å²) in [5.41, 5.74) is 1.96. The van der Waals surface area contributed by atoms with Crippen LogP contribution in [0, 0.1) is 5.82 Å². The molecule has 24 heavy (non-hydrogen) atoms. The number of halogens is 1. The van der Waals surface area contributed by atoms with Crippen molar-refractivity contribution >= 4 is 11.4 Å². The van der Waals surface area contributed by atoms with Gasteiger partial charge in [-0.2, -0.15) is 0 Å². The van der Waals surface area contributed by atoms with Gasteiger partial charge >= 0.3 is 0 Å². The number of benzene rings is 2. The Hall–Kier alpha value is -2.09. The van der Waals surface area contributed by atoms with E-state index in [0.717, 1.165) is 24.3 Å². The van der Waals surface area contributed by atoms with Crippen molar-refractivity contribution in [2.75, 3.05) is 11.4 Å². The summed E-state index contributed by atoms with van der Waals surface area (Å²) in [7, 11) is 0. The highest BCUT2D eigenvalue weighted by atomic mass is 19.1. The van der Waals surface area contributed by atoms with Gasteiger partial charge in [0.05, 0.1) is 0 Å². The zero-order valence-corrected chi connectivity index (χ0v) is 14.6. The summed E-state index contributed by atoms with van der Waals surface area (Å²) in [6, 6.07) is 16.9. The van der Waals surface area contributed by atoms with E-state index in [9.17, 15) is 4.39 Å². The number of hydrogen-bond acceptors (Lipinski definition) is 1. The van der Waals surface area contributed by atoms with Crippen molar-refractivity contribution < 1.29 is 4.39 Å². The molecule has 2 aromatic carbocycles. The molecule has 0 N–H and O–H groups in total. The molecule has 0 unspecified atom stereocenters. The summed E-state index contributed by atoms with van der Waals surface area (Å²) in [4.78, 5) is 2.14. The lowest BCUT2D eigenvalue weighted by Gasteiger charge is -2.23. The van der Waals surface area contributed by atoms with Gasteiger partial charge < -0.3 is 4.90 Å². The first-order chi connectivity index (χ1) is 11.8. The Morgan fingerprint density at radius 2 is 1.58 bits per heavy atom. The molecule has 0 saturated heterocycles. The molecule has 128 valence electrons. The molecule has 0 spiro atoms. The van der Waals surface area contributed by atoms with E-state index in [-0.39, 0.29) is 5.82 Å². The second-order valence-corrected chi connectivity index (χ2v) is 6.10. The first-order valence-corrected chi connectivity index (χ1v) is 9.04. The third-order valence-electron chi connectivity index (χ3n) is 4.12. The number of anilines is 2. The number of unbranched alkanes of at least 4 members (excludes halogenated alkanes) is 5. The molecule has 0 aromatic heterocycles. The molecule has 0 atom stereocenters. The van der Waals surface area contributed by atoms with Crippen LogP contribution in [0.15, 0.2) is 66.7 Å². The molecule has 0 bridgehead atoms. The van der Waals surface area contributed by atoms with E-state index in [1.165, 1.54) is 38.2 Å². The molecule has 2 aromatic rings. The number of nitrogens with zero attached hydrogens (tertiary/aromatic N) is 1. The summed E-state index contributed by atoms with van der Waals surface area (Å²) >= 11 is 0. The maximum absolute atomic E-state index is 13.6. The Kier molecular flexibility index (Phi) is 8.09. The summed E-state index contributed by atoms with van der Waals surface area (Å²) in [5.74, 6) is -0.201. The fourth-order valence-corrected chi connectivity index (χ4v) is 2.78. The molecule has 0 radical (unpaired) electrons. The number of rotatable bonds is 10. The molecular weight excluding hydrogens is 297 g/mol. The van der Waals surface area contributed by atoms with Crippen molar-refractivity contribution in [1.82, 2.24) is 0 Å². The van der Waals surface area contributed by atoms with E-state index in [1.807, 2.05) is 24.3 Å². The summed E-state index contributed by atoms with van der Waals surface area (Å²) in [6.07, 6.45) is 12.1. The van der Waals surface area contributed by atoms with Gasteiger partial charge in [-0.25, -0.2) is 4.39 Å².